The lowest BCUT2D eigenvalue weighted by atomic mass is 10.1. The number of morpholine rings is 1. The molecule has 1 saturated heterocycles. The van der Waals surface area contributed by atoms with Crippen LogP contribution in [-0.2, 0) is 11.2 Å². The number of urea groups is 1. The fraction of sp³-hybridized carbons (Fsp3) is 0.256. The second-order valence-corrected chi connectivity index (χ2v) is 13.8. The van der Waals surface area contributed by atoms with Gasteiger partial charge in [0.25, 0.3) is 0 Å². The number of fused-ring (bicyclic) bond motifs is 2. The number of H-pyrrole nitrogens is 1. The summed E-state index contributed by atoms with van der Waals surface area (Å²) in [5, 5.41) is 16.9. The van der Waals surface area contributed by atoms with Crippen LogP contribution in [-0.4, -0.2) is 75.1 Å². The molecule has 56 heavy (non-hydrogen) atoms. The van der Waals surface area contributed by atoms with Gasteiger partial charge in [-0.2, -0.15) is 10.1 Å². The molecule has 4 N–H and O–H groups in total. The number of aromatic nitrogens is 5. The zero-order valence-electron chi connectivity index (χ0n) is 31.5. The third-order valence-corrected chi connectivity index (χ3v) is 9.64. The van der Waals surface area contributed by atoms with Crippen LogP contribution in [0.4, 0.5) is 27.9 Å². The smallest absolute Gasteiger partial charge is 0.324 e. The van der Waals surface area contributed by atoms with Gasteiger partial charge < -0.3 is 29.8 Å². The summed E-state index contributed by atoms with van der Waals surface area (Å²) in [6.07, 6.45) is 4.50. The molecule has 7 aromatic rings. The fourth-order valence-electron chi connectivity index (χ4n) is 6.79. The Bertz CT molecular complexity index is 2440. The monoisotopic (exact) mass is 751 g/mol. The van der Waals surface area contributed by atoms with Crippen molar-refractivity contribution in [1.29, 1.82) is 0 Å². The molecule has 1 fully saturated rings. The predicted octanol–water partition coefficient (Wildman–Crippen LogP) is 8.84. The molecule has 0 bridgehead atoms. The molecule has 1 aliphatic rings. The number of benzene rings is 4. The number of carbonyl (C=O) groups is 1. The Labute approximate surface area is 325 Å². The van der Waals surface area contributed by atoms with E-state index in [1.807, 2.05) is 91.9 Å². The summed E-state index contributed by atoms with van der Waals surface area (Å²) in [5.41, 5.74) is 5.38. The molecule has 13 heteroatoms. The summed E-state index contributed by atoms with van der Waals surface area (Å²) < 4.78 is 19.5. The van der Waals surface area contributed by atoms with Crippen LogP contribution in [0.1, 0.15) is 31.2 Å². The Morgan fingerprint density at radius 2 is 1.77 bits per heavy atom. The van der Waals surface area contributed by atoms with Crippen molar-refractivity contribution < 1.29 is 19.0 Å². The van der Waals surface area contributed by atoms with Crippen LogP contribution in [0.15, 0.2) is 103 Å². The first kappa shape index (κ1) is 36.5. The lowest BCUT2D eigenvalue weighted by Gasteiger charge is -2.26. The molecule has 4 aromatic carbocycles. The maximum atomic E-state index is 13.6. The molecule has 13 nitrogen and oxygen atoms in total. The van der Waals surface area contributed by atoms with Crippen molar-refractivity contribution in [1.82, 2.24) is 29.6 Å². The van der Waals surface area contributed by atoms with E-state index in [9.17, 15) is 4.79 Å². The molecule has 0 unspecified atom stereocenters. The van der Waals surface area contributed by atoms with Gasteiger partial charge in [0.05, 0.1) is 30.3 Å². The third kappa shape index (κ3) is 8.75. The Hall–Kier alpha value is -6.44. The topological polar surface area (TPSA) is 143 Å². The summed E-state index contributed by atoms with van der Waals surface area (Å²) in [6.45, 7) is 9.03. The Kier molecular flexibility index (Phi) is 11.0. The van der Waals surface area contributed by atoms with Gasteiger partial charge in [-0.1, -0.05) is 37.6 Å². The van der Waals surface area contributed by atoms with Crippen molar-refractivity contribution in [2.75, 3.05) is 55.4 Å². The SMILES string of the molecule is CCCCc1cc(NC(=O)Nc2ccc(Oc3ccnc(Nc4ccc5[nH]c(C)cc5c4)n3)c3ccccc23)n(-c2ccc(OCCN3CCOCC3)cc2)n1. The molecule has 0 radical (unpaired) electrons. The zero-order chi connectivity index (χ0) is 38.3. The van der Waals surface area contributed by atoms with E-state index in [0.29, 0.717) is 35.7 Å². The van der Waals surface area contributed by atoms with Crippen molar-refractivity contribution in [3.8, 4) is 23.1 Å². The highest BCUT2D eigenvalue weighted by Crippen LogP contribution is 2.34. The van der Waals surface area contributed by atoms with E-state index in [-0.39, 0.29) is 0 Å². The molecule has 4 heterocycles. The first-order valence-corrected chi connectivity index (χ1v) is 19.1. The van der Waals surface area contributed by atoms with E-state index in [1.54, 1.807) is 16.9 Å². The van der Waals surface area contributed by atoms with Gasteiger partial charge in [-0.05, 0) is 80.4 Å². The van der Waals surface area contributed by atoms with Gasteiger partial charge in [0, 0.05) is 71.0 Å². The number of anilines is 4. The normalized spacial score (nSPS) is 13.2. The quantitative estimate of drug-likeness (QED) is 0.0857. The number of nitrogens with zero attached hydrogens (tertiary/aromatic N) is 5. The zero-order valence-corrected chi connectivity index (χ0v) is 31.5. The number of hydrogen-bond donors (Lipinski definition) is 4. The number of amides is 2. The Morgan fingerprint density at radius 1 is 0.929 bits per heavy atom. The van der Waals surface area contributed by atoms with Crippen molar-refractivity contribution in [3.63, 3.8) is 0 Å². The fourth-order valence-corrected chi connectivity index (χ4v) is 6.79. The maximum Gasteiger partial charge on any atom is 0.324 e. The summed E-state index contributed by atoms with van der Waals surface area (Å²) in [5.74, 6) is 2.73. The van der Waals surface area contributed by atoms with Gasteiger partial charge in [-0.25, -0.2) is 14.5 Å². The highest BCUT2D eigenvalue weighted by molar-refractivity contribution is 6.07. The standard InChI is InChI=1S/C43H45N9O4/c1-3-4-7-32-28-40(52(50-32)33-11-13-34(14-12-33)55-25-22-51-20-23-54-24-21-51)48-43(53)47-38-16-17-39(36-9-6-5-8-35(36)38)56-41-18-19-44-42(49-41)46-31-10-15-37-30(27-31)26-29(2)45-37/h5-6,8-19,26-28,45H,3-4,7,20-25H2,1-2H3,(H,44,46,49)(H2,47,48,53). The van der Waals surface area contributed by atoms with Gasteiger partial charge in [0.15, 0.2) is 0 Å². The lowest BCUT2D eigenvalue weighted by molar-refractivity contribution is 0.0322. The first-order chi connectivity index (χ1) is 27.5. The highest BCUT2D eigenvalue weighted by Gasteiger charge is 2.16. The van der Waals surface area contributed by atoms with Crippen molar-refractivity contribution >= 4 is 50.8 Å². The van der Waals surface area contributed by atoms with Crippen LogP contribution in [0.25, 0.3) is 27.4 Å². The van der Waals surface area contributed by atoms with Gasteiger partial charge in [-0.15, -0.1) is 0 Å². The minimum atomic E-state index is -0.394. The average molecular weight is 752 g/mol. The summed E-state index contributed by atoms with van der Waals surface area (Å²) in [7, 11) is 0. The van der Waals surface area contributed by atoms with Gasteiger partial charge >= 0.3 is 6.03 Å². The number of aromatic amines is 1. The van der Waals surface area contributed by atoms with Crippen LogP contribution < -0.4 is 25.4 Å². The Balaban J connectivity index is 0.952. The average Bonchev–Trinajstić information content (AvgIpc) is 3.80. The van der Waals surface area contributed by atoms with E-state index in [0.717, 1.165) is 102 Å². The lowest BCUT2D eigenvalue weighted by Crippen LogP contribution is -2.38. The molecule has 1 aliphatic heterocycles. The second-order valence-electron chi connectivity index (χ2n) is 13.8. The molecular formula is C43H45N9O4. The minimum absolute atomic E-state index is 0.379. The molecule has 0 atom stereocenters. The maximum absolute atomic E-state index is 13.6. The van der Waals surface area contributed by atoms with E-state index < -0.39 is 6.03 Å². The number of aryl methyl sites for hydroxylation is 2. The number of ether oxygens (including phenoxy) is 3. The van der Waals surface area contributed by atoms with Gasteiger partial charge in [0.2, 0.25) is 11.8 Å². The molecule has 0 aliphatic carbocycles. The van der Waals surface area contributed by atoms with Crippen LogP contribution in [0, 0.1) is 6.92 Å². The Morgan fingerprint density at radius 3 is 2.61 bits per heavy atom. The van der Waals surface area contributed by atoms with Crippen LogP contribution in [0.5, 0.6) is 17.4 Å². The van der Waals surface area contributed by atoms with Crippen molar-refractivity contribution in [2.24, 2.45) is 0 Å². The molecule has 0 saturated carbocycles. The molecular weight excluding hydrogens is 707 g/mol. The minimum Gasteiger partial charge on any atom is -0.492 e. The first-order valence-electron chi connectivity index (χ1n) is 19.1. The van der Waals surface area contributed by atoms with E-state index in [1.165, 1.54) is 0 Å². The van der Waals surface area contributed by atoms with Crippen molar-refractivity contribution in [2.45, 2.75) is 33.1 Å². The summed E-state index contributed by atoms with van der Waals surface area (Å²) >= 11 is 0. The van der Waals surface area contributed by atoms with Gasteiger partial charge in [-0.3, -0.25) is 10.2 Å². The van der Waals surface area contributed by atoms with Crippen molar-refractivity contribution in [3.05, 3.63) is 115 Å². The molecule has 8 rings (SSSR count). The van der Waals surface area contributed by atoms with Gasteiger partial charge in [0.1, 0.15) is 23.9 Å². The molecule has 0 spiro atoms. The number of rotatable bonds is 14. The van der Waals surface area contributed by atoms with E-state index in [2.05, 4.69) is 48.8 Å². The van der Waals surface area contributed by atoms with Crippen LogP contribution in [0.2, 0.25) is 0 Å². The number of nitrogens with one attached hydrogen (secondary N) is 4. The van der Waals surface area contributed by atoms with E-state index in [4.69, 9.17) is 19.3 Å². The molecule has 2 amide bonds. The number of carbonyl (C=O) groups excluding carboxylic acids is 1. The van der Waals surface area contributed by atoms with Crippen LogP contribution >= 0.6 is 0 Å². The van der Waals surface area contributed by atoms with E-state index >= 15 is 0 Å². The summed E-state index contributed by atoms with van der Waals surface area (Å²) in [4.78, 5) is 28.3. The highest BCUT2D eigenvalue weighted by atomic mass is 16.5. The number of hydrogen-bond acceptors (Lipinski definition) is 9. The van der Waals surface area contributed by atoms with Crippen LogP contribution in [0.3, 0.4) is 0 Å². The molecule has 3 aromatic heterocycles. The third-order valence-electron chi connectivity index (χ3n) is 9.64. The summed E-state index contributed by atoms with van der Waals surface area (Å²) in [6, 6.07) is 30.6. The largest absolute Gasteiger partial charge is 0.492 e. The molecule has 286 valence electrons. The second kappa shape index (κ2) is 16.9. The number of unbranched alkanes of at least 4 members (excludes halogenated alkanes) is 1. The predicted molar refractivity (Wildman–Crippen MR) is 220 cm³/mol.